The largest absolute Gasteiger partial charge is 0.497 e. The van der Waals surface area contributed by atoms with Crippen LogP contribution in [0.15, 0.2) is 42.5 Å². The fourth-order valence-corrected chi connectivity index (χ4v) is 3.45. The molecule has 0 radical (unpaired) electrons. The molecule has 0 aliphatic rings. The molecule has 1 atom stereocenters. The topological polar surface area (TPSA) is 109 Å². The molecule has 8 heteroatoms. The van der Waals surface area contributed by atoms with Crippen LogP contribution in [0.2, 0.25) is 0 Å². The highest BCUT2D eigenvalue weighted by Crippen LogP contribution is 2.22. The number of hydrogen-bond acceptors (Lipinski definition) is 6. The van der Waals surface area contributed by atoms with Crippen molar-refractivity contribution in [1.82, 2.24) is 5.32 Å². The van der Waals surface area contributed by atoms with E-state index in [1.54, 1.807) is 31.4 Å². The van der Waals surface area contributed by atoms with Crippen LogP contribution < -0.4 is 15.0 Å². The molecule has 2 aromatic carbocycles. The number of ether oxygens (including phenoxy) is 2. The highest BCUT2D eigenvalue weighted by atomic mass is 16.5. The molecule has 0 saturated heterocycles. The number of carbonyl (C=O) groups is 3. The van der Waals surface area contributed by atoms with Crippen molar-refractivity contribution < 1.29 is 23.9 Å². The summed E-state index contributed by atoms with van der Waals surface area (Å²) in [5, 5.41) is 11.7. The molecule has 1 unspecified atom stereocenters. The van der Waals surface area contributed by atoms with Gasteiger partial charge in [-0.1, -0.05) is 18.2 Å². The summed E-state index contributed by atoms with van der Waals surface area (Å²) >= 11 is 0. The molecule has 0 bridgehead atoms. The second kappa shape index (κ2) is 12.2. The third-order valence-electron chi connectivity index (χ3n) is 4.89. The van der Waals surface area contributed by atoms with Crippen LogP contribution in [0.5, 0.6) is 5.75 Å². The molecule has 0 aromatic heterocycles. The fourth-order valence-electron chi connectivity index (χ4n) is 3.45. The molecule has 2 aromatic rings. The van der Waals surface area contributed by atoms with Crippen molar-refractivity contribution in [3.8, 4) is 11.8 Å². The van der Waals surface area contributed by atoms with Gasteiger partial charge in [0, 0.05) is 19.2 Å². The van der Waals surface area contributed by atoms with Crippen molar-refractivity contribution in [2.24, 2.45) is 0 Å². The van der Waals surface area contributed by atoms with Gasteiger partial charge in [-0.3, -0.25) is 14.4 Å². The highest BCUT2D eigenvalue weighted by molar-refractivity contribution is 5.95. The lowest BCUT2D eigenvalue weighted by Crippen LogP contribution is -2.36. The van der Waals surface area contributed by atoms with Crippen LogP contribution in [0.4, 0.5) is 5.69 Å². The standard InChI is InChI=1S/C25H29N3O5/c1-17-12-18(2)14-21(13-17)28(11-5-10-26)24(30)16-33-25(31)15-23(27-19(3)29)20-6-8-22(32-4)9-7-20/h6-9,12-14,23H,5,11,15-16H2,1-4H3,(H,27,29). The molecule has 1 N–H and O–H groups in total. The molecule has 8 nitrogen and oxygen atoms in total. The zero-order chi connectivity index (χ0) is 24.4. The molecule has 0 spiro atoms. The smallest absolute Gasteiger partial charge is 0.308 e. The molecule has 0 heterocycles. The quantitative estimate of drug-likeness (QED) is 0.555. The van der Waals surface area contributed by atoms with Gasteiger partial charge in [-0.05, 0) is 54.8 Å². The Morgan fingerprint density at radius 3 is 2.27 bits per heavy atom. The van der Waals surface area contributed by atoms with Gasteiger partial charge < -0.3 is 19.7 Å². The van der Waals surface area contributed by atoms with E-state index in [1.807, 2.05) is 38.1 Å². The van der Waals surface area contributed by atoms with E-state index >= 15 is 0 Å². The average Bonchev–Trinajstić information content (AvgIpc) is 2.76. The lowest BCUT2D eigenvalue weighted by atomic mass is 10.0. The van der Waals surface area contributed by atoms with Gasteiger partial charge in [0.05, 0.1) is 32.1 Å². The van der Waals surface area contributed by atoms with Gasteiger partial charge in [-0.2, -0.15) is 5.26 Å². The number of methoxy groups -OCH3 is 1. The van der Waals surface area contributed by atoms with Crippen LogP contribution in [-0.2, 0) is 19.1 Å². The number of esters is 1. The Morgan fingerprint density at radius 1 is 1.09 bits per heavy atom. The molecule has 2 amide bonds. The van der Waals surface area contributed by atoms with Gasteiger partial charge in [-0.25, -0.2) is 0 Å². The summed E-state index contributed by atoms with van der Waals surface area (Å²) in [7, 11) is 1.55. The summed E-state index contributed by atoms with van der Waals surface area (Å²) in [5.74, 6) is -0.697. The predicted octanol–water partition coefficient (Wildman–Crippen LogP) is 3.37. The van der Waals surface area contributed by atoms with Crippen molar-refractivity contribution in [3.63, 3.8) is 0 Å². The van der Waals surface area contributed by atoms with Gasteiger partial charge in [0.1, 0.15) is 5.75 Å². The van der Waals surface area contributed by atoms with Crippen molar-refractivity contribution in [3.05, 3.63) is 59.2 Å². The normalized spacial score (nSPS) is 11.1. The summed E-state index contributed by atoms with van der Waals surface area (Å²) in [6, 6.07) is 14.1. The maximum atomic E-state index is 12.8. The molecule has 0 aliphatic carbocycles. The van der Waals surface area contributed by atoms with Crippen LogP contribution in [0.25, 0.3) is 0 Å². The molecular weight excluding hydrogens is 422 g/mol. The lowest BCUT2D eigenvalue weighted by Gasteiger charge is -2.23. The maximum Gasteiger partial charge on any atom is 0.308 e. The Morgan fingerprint density at radius 2 is 1.73 bits per heavy atom. The van der Waals surface area contributed by atoms with E-state index in [9.17, 15) is 14.4 Å². The summed E-state index contributed by atoms with van der Waals surface area (Å²) in [5.41, 5.74) is 3.32. The first-order valence-corrected chi connectivity index (χ1v) is 10.6. The maximum absolute atomic E-state index is 12.8. The molecule has 0 fully saturated rings. The van der Waals surface area contributed by atoms with E-state index < -0.39 is 24.5 Å². The second-order valence-corrected chi connectivity index (χ2v) is 7.69. The Bertz CT molecular complexity index is 1010. The number of anilines is 1. The lowest BCUT2D eigenvalue weighted by molar-refractivity contribution is -0.148. The summed E-state index contributed by atoms with van der Waals surface area (Å²) in [4.78, 5) is 38.4. The van der Waals surface area contributed by atoms with Crippen LogP contribution >= 0.6 is 0 Å². The summed E-state index contributed by atoms with van der Waals surface area (Å²) in [6.07, 6.45) is 0.00961. The van der Waals surface area contributed by atoms with Crippen LogP contribution in [-0.4, -0.2) is 38.0 Å². The Hall–Kier alpha value is -3.86. The van der Waals surface area contributed by atoms with Crippen molar-refractivity contribution in [2.45, 2.75) is 39.7 Å². The van der Waals surface area contributed by atoms with Crippen LogP contribution in [0.1, 0.15) is 42.5 Å². The number of benzene rings is 2. The molecular formula is C25H29N3O5. The summed E-state index contributed by atoms with van der Waals surface area (Å²) in [6.45, 7) is 4.93. The van der Waals surface area contributed by atoms with E-state index in [1.165, 1.54) is 11.8 Å². The molecule has 174 valence electrons. The van der Waals surface area contributed by atoms with Gasteiger partial charge in [0.15, 0.2) is 6.61 Å². The van der Waals surface area contributed by atoms with Crippen LogP contribution in [0, 0.1) is 25.2 Å². The summed E-state index contributed by atoms with van der Waals surface area (Å²) < 4.78 is 10.4. The number of nitrogens with zero attached hydrogens (tertiary/aromatic N) is 2. The highest BCUT2D eigenvalue weighted by Gasteiger charge is 2.21. The average molecular weight is 452 g/mol. The van der Waals surface area contributed by atoms with E-state index in [0.717, 1.165) is 11.1 Å². The third-order valence-corrected chi connectivity index (χ3v) is 4.89. The Kier molecular flexibility index (Phi) is 9.43. The molecule has 0 aliphatic heterocycles. The van der Waals surface area contributed by atoms with Crippen LogP contribution in [0.3, 0.4) is 0 Å². The monoisotopic (exact) mass is 451 g/mol. The van der Waals surface area contributed by atoms with Gasteiger partial charge >= 0.3 is 5.97 Å². The van der Waals surface area contributed by atoms with E-state index in [0.29, 0.717) is 17.0 Å². The zero-order valence-electron chi connectivity index (χ0n) is 19.4. The predicted molar refractivity (Wildman–Crippen MR) is 124 cm³/mol. The van der Waals surface area contributed by atoms with Gasteiger partial charge in [-0.15, -0.1) is 0 Å². The van der Waals surface area contributed by atoms with Crippen molar-refractivity contribution in [2.75, 3.05) is 25.2 Å². The number of rotatable bonds is 10. The number of nitrogens with one attached hydrogen (secondary N) is 1. The van der Waals surface area contributed by atoms with E-state index in [-0.39, 0.29) is 25.3 Å². The Labute approximate surface area is 194 Å². The first-order valence-electron chi connectivity index (χ1n) is 10.6. The Balaban J connectivity index is 2.07. The van der Waals surface area contributed by atoms with Gasteiger partial charge in [0.25, 0.3) is 5.91 Å². The van der Waals surface area contributed by atoms with Gasteiger partial charge in [0.2, 0.25) is 5.91 Å². The zero-order valence-corrected chi connectivity index (χ0v) is 19.4. The first-order chi connectivity index (χ1) is 15.7. The number of aryl methyl sites for hydroxylation is 2. The van der Waals surface area contributed by atoms with E-state index in [2.05, 4.69) is 5.32 Å². The fraction of sp³-hybridized carbons (Fsp3) is 0.360. The number of hydrogen-bond donors (Lipinski definition) is 1. The second-order valence-electron chi connectivity index (χ2n) is 7.69. The number of carbonyl (C=O) groups excluding carboxylic acids is 3. The first kappa shape index (κ1) is 25.4. The minimum atomic E-state index is -0.626. The molecule has 2 rings (SSSR count). The number of amides is 2. The SMILES string of the molecule is COc1ccc(C(CC(=O)OCC(=O)N(CCC#N)c2cc(C)cc(C)c2)NC(C)=O)cc1. The van der Waals surface area contributed by atoms with Crippen molar-refractivity contribution >= 4 is 23.5 Å². The molecule has 33 heavy (non-hydrogen) atoms. The third kappa shape index (κ3) is 7.96. The van der Waals surface area contributed by atoms with E-state index in [4.69, 9.17) is 14.7 Å². The molecule has 0 saturated carbocycles. The van der Waals surface area contributed by atoms with Crippen molar-refractivity contribution in [1.29, 1.82) is 5.26 Å². The minimum absolute atomic E-state index is 0.138. The minimum Gasteiger partial charge on any atom is -0.497 e. The number of nitriles is 1.